The number of rotatable bonds is 5. The fourth-order valence-electron chi connectivity index (χ4n) is 7.18. The van der Waals surface area contributed by atoms with Crippen molar-refractivity contribution >= 4 is 41.0 Å². The predicted octanol–water partition coefficient (Wildman–Crippen LogP) is 3.59. The molecule has 2 fully saturated rings. The zero-order valence-electron chi connectivity index (χ0n) is 25.8. The van der Waals surface area contributed by atoms with E-state index in [1.54, 1.807) is 42.5 Å². The van der Waals surface area contributed by atoms with E-state index < -0.39 is 59.5 Å². The number of anilines is 1. The zero-order valence-corrected chi connectivity index (χ0v) is 26.5. The maximum atomic E-state index is 14.9. The number of cyclic esters (lactones) is 1. The largest absolute Gasteiger partial charge is 0.455 e. The van der Waals surface area contributed by atoms with Crippen LogP contribution in [-0.4, -0.2) is 77.2 Å². The third-order valence-electron chi connectivity index (χ3n) is 9.45. The van der Waals surface area contributed by atoms with Crippen LogP contribution in [0.15, 0.2) is 78.9 Å². The maximum Gasteiger partial charge on any atom is 0.313 e. The number of aliphatic hydroxyl groups is 1. The number of carbonyl (C=O) groups excluding carboxylic acids is 4. The molecule has 5 bridgehead atoms. The lowest BCUT2D eigenvalue weighted by molar-refractivity contribution is -0.160. The highest BCUT2D eigenvalue weighted by Gasteiger charge is 2.74. The van der Waals surface area contributed by atoms with Gasteiger partial charge in [0.05, 0.1) is 41.9 Å². The molecule has 6 rings (SSSR count). The number of benzene rings is 2. The Morgan fingerprint density at radius 2 is 1.76 bits per heavy atom. The number of carbonyl (C=O) groups is 4. The molecule has 0 radical (unpaired) electrons. The first-order chi connectivity index (χ1) is 22.2. The Balaban J connectivity index is 1.47. The van der Waals surface area contributed by atoms with Gasteiger partial charge in [-0.15, -0.1) is 0 Å². The topological polar surface area (TPSA) is 125 Å². The number of halogens is 1. The number of hydrogen-bond acceptors (Lipinski definition) is 7. The van der Waals surface area contributed by atoms with Crippen LogP contribution in [-0.2, 0) is 28.7 Å². The van der Waals surface area contributed by atoms with Crippen LogP contribution in [0.1, 0.15) is 38.4 Å². The van der Waals surface area contributed by atoms with Gasteiger partial charge in [-0.25, -0.2) is 0 Å². The molecule has 7 atom stereocenters. The molecular weight excluding hydrogens is 610 g/mol. The molecule has 0 saturated carbocycles. The Morgan fingerprint density at radius 1 is 1.02 bits per heavy atom. The second-order valence-electron chi connectivity index (χ2n) is 12.5. The predicted molar refractivity (Wildman–Crippen MR) is 171 cm³/mol. The molecule has 3 amide bonds. The van der Waals surface area contributed by atoms with Gasteiger partial charge in [0.1, 0.15) is 23.7 Å². The molecule has 2 saturated heterocycles. The lowest BCUT2D eigenvalue weighted by Gasteiger charge is -2.40. The Bertz CT molecular complexity index is 1560. The Labute approximate surface area is 273 Å². The van der Waals surface area contributed by atoms with E-state index in [0.29, 0.717) is 22.7 Å². The van der Waals surface area contributed by atoms with Crippen LogP contribution in [0.4, 0.5) is 5.69 Å². The first-order valence-corrected chi connectivity index (χ1v) is 16.1. The summed E-state index contributed by atoms with van der Waals surface area (Å²) >= 11 is 6.62. The summed E-state index contributed by atoms with van der Waals surface area (Å²) in [4.78, 5) is 59.3. The molecule has 0 unspecified atom stereocenters. The number of allylic oxidation sites excluding steroid dienone is 1. The van der Waals surface area contributed by atoms with Gasteiger partial charge in [-0.3, -0.25) is 19.2 Å². The fourth-order valence-corrected chi connectivity index (χ4v) is 7.42. The van der Waals surface area contributed by atoms with Gasteiger partial charge < -0.3 is 29.7 Å². The summed E-state index contributed by atoms with van der Waals surface area (Å²) in [6.07, 6.45) is 6.04. The van der Waals surface area contributed by atoms with E-state index in [1.807, 2.05) is 50.3 Å². The highest BCUT2D eigenvalue weighted by atomic mass is 35.5. The number of ether oxygens (including phenoxy) is 2. The van der Waals surface area contributed by atoms with Gasteiger partial charge >= 0.3 is 5.97 Å². The van der Waals surface area contributed by atoms with E-state index in [4.69, 9.17) is 21.1 Å². The quantitative estimate of drug-likeness (QED) is 0.375. The first-order valence-electron chi connectivity index (χ1n) is 15.7. The van der Waals surface area contributed by atoms with Gasteiger partial charge in [0.25, 0.3) is 5.91 Å². The normalized spacial score (nSPS) is 31.2. The number of nitrogens with zero attached hydrogens (tertiary/aromatic N) is 2. The highest BCUT2D eigenvalue weighted by Crippen LogP contribution is 2.56. The van der Waals surface area contributed by atoms with Crippen molar-refractivity contribution in [2.75, 3.05) is 24.6 Å². The van der Waals surface area contributed by atoms with Crippen molar-refractivity contribution in [3.05, 3.63) is 89.5 Å². The second kappa shape index (κ2) is 13.0. The molecule has 0 aliphatic carbocycles. The molecule has 1 spiro atoms. The summed E-state index contributed by atoms with van der Waals surface area (Å²) in [7, 11) is 0. The van der Waals surface area contributed by atoms with E-state index in [2.05, 4.69) is 5.32 Å². The monoisotopic (exact) mass is 647 g/mol. The van der Waals surface area contributed by atoms with E-state index in [1.165, 1.54) is 9.80 Å². The van der Waals surface area contributed by atoms with Crippen LogP contribution in [0.2, 0.25) is 5.02 Å². The summed E-state index contributed by atoms with van der Waals surface area (Å²) in [5.41, 5.74) is -0.352. The minimum Gasteiger partial charge on any atom is -0.455 e. The molecule has 46 heavy (non-hydrogen) atoms. The summed E-state index contributed by atoms with van der Waals surface area (Å²) in [5, 5.41) is 13.8. The molecule has 0 aromatic heterocycles. The number of para-hydroxylation sites is 1. The van der Waals surface area contributed by atoms with E-state index in [-0.39, 0.29) is 37.9 Å². The Hall–Kier alpha value is -3.99. The van der Waals surface area contributed by atoms with Crippen LogP contribution >= 0.6 is 11.6 Å². The number of fused-ring (bicyclic) bond motifs is 2. The van der Waals surface area contributed by atoms with Crippen molar-refractivity contribution in [1.29, 1.82) is 0 Å². The van der Waals surface area contributed by atoms with Gasteiger partial charge in [0, 0.05) is 13.0 Å². The van der Waals surface area contributed by atoms with Crippen LogP contribution < -0.4 is 10.2 Å². The minimum absolute atomic E-state index is 0.0452. The fraction of sp³-hybridized carbons (Fsp3) is 0.429. The molecule has 242 valence electrons. The van der Waals surface area contributed by atoms with E-state index >= 15 is 0 Å². The summed E-state index contributed by atoms with van der Waals surface area (Å²) in [5.74, 6) is -4.13. The van der Waals surface area contributed by atoms with E-state index in [9.17, 15) is 24.3 Å². The zero-order chi connectivity index (χ0) is 32.6. The average Bonchev–Trinajstić information content (AvgIpc) is 3.69. The number of likely N-dealkylation sites (tertiary alicyclic amines) is 1. The maximum absolute atomic E-state index is 14.9. The Kier molecular flexibility index (Phi) is 9.05. The van der Waals surface area contributed by atoms with Crippen molar-refractivity contribution in [2.45, 2.75) is 56.6 Å². The van der Waals surface area contributed by atoms with Crippen molar-refractivity contribution < 1.29 is 33.8 Å². The molecule has 2 aromatic carbocycles. The third kappa shape index (κ3) is 5.52. The number of hydrogen-bond donors (Lipinski definition) is 2. The molecule has 2 aromatic rings. The number of aliphatic hydroxyl groups excluding tert-OH is 1. The van der Waals surface area contributed by atoms with Gasteiger partial charge in [-0.1, -0.05) is 92.2 Å². The summed E-state index contributed by atoms with van der Waals surface area (Å²) in [6, 6.07) is 14.1. The van der Waals surface area contributed by atoms with Crippen molar-refractivity contribution in [2.24, 2.45) is 17.8 Å². The van der Waals surface area contributed by atoms with Crippen molar-refractivity contribution in [1.82, 2.24) is 10.2 Å². The second-order valence-corrected chi connectivity index (χ2v) is 12.9. The van der Waals surface area contributed by atoms with Gasteiger partial charge in [-0.05, 0) is 30.0 Å². The smallest absolute Gasteiger partial charge is 0.313 e. The van der Waals surface area contributed by atoms with Gasteiger partial charge in [-0.2, -0.15) is 0 Å². The van der Waals surface area contributed by atoms with Crippen LogP contribution in [0, 0.1) is 17.8 Å². The van der Waals surface area contributed by atoms with Gasteiger partial charge in [0.15, 0.2) is 0 Å². The van der Waals surface area contributed by atoms with Crippen molar-refractivity contribution in [3.8, 4) is 0 Å². The molecule has 11 heteroatoms. The van der Waals surface area contributed by atoms with E-state index in [0.717, 1.165) is 0 Å². The van der Waals surface area contributed by atoms with Crippen LogP contribution in [0.3, 0.4) is 0 Å². The standard InChI is InChI=1S/C35H38ClN3O7/c1-21(2)25(20-40)39-31-33(43)38(24-14-9-8-13-23(24)36)18-10-4-7-15-28(41)37-19-27(22-11-5-3-6-12-22)45-34(44)29-26-16-17-35(31,46-26)30(29)32(39)42/h3-6,8-14,16-17,21,25-27,29-31,40H,7,15,18-20H2,1-2H3,(H,37,41)/b10-4-/t25-,26+,27+,29-,30-,31+,35-/m0/s1. The highest BCUT2D eigenvalue weighted by molar-refractivity contribution is 6.34. The third-order valence-corrected chi connectivity index (χ3v) is 9.77. The Morgan fingerprint density at radius 3 is 2.48 bits per heavy atom. The number of esters is 1. The lowest BCUT2D eigenvalue weighted by atomic mass is 9.74. The molecule has 2 N–H and O–H groups in total. The van der Waals surface area contributed by atoms with Crippen molar-refractivity contribution in [3.63, 3.8) is 0 Å². The summed E-state index contributed by atoms with van der Waals surface area (Å²) in [6.45, 7) is 3.49. The number of nitrogens with one attached hydrogen (secondary N) is 1. The summed E-state index contributed by atoms with van der Waals surface area (Å²) < 4.78 is 12.6. The first kappa shape index (κ1) is 32.0. The molecule has 4 heterocycles. The number of amides is 3. The van der Waals surface area contributed by atoms with Crippen LogP contribution in [0.5, 0.6) is 0 Å². The van der Waals surface area contributed by atoms with Gasteiger partial charge in [0.2, 0.25) is 11.8 Å². The lowest BCUT2D eigenvalue weighted by Crippen LogP contribution is -2.59. The molecule has 4 aliphatic rings. The molecular formula is C35H38ClN3O7. The molecule has 10 nitrogen and oxygen atoms in total. The van der Waals surface area contributed by atoms with Crippen LogP contribution in [0.25, 0.3) is 0 Å². The minimum atomic E-state index is -1.47. The molecule has 4 aliphatic heterocycles. The SMILES string of the molecule is CC(C)[C@H](CO)N1C(=O)[C@@H]2[C@H]3C(=O)O[C@@H](c4ccccc4)CNC(=O)CC/C=C\CN(c4ccccc4Cl)C(=O)[C@@H]1[C@]21C=C[C@H]3O1. The average molecular weight is 648 g/mol.